The summed E-state index contributed by atoms with van der Waals surface area (Å²) in [6, 6.07) is 12.2. The first kappa shape index (κ1) is 43.1. The second-order valence-corrected chi connectivity index (χ2v) is 14.2. The molecule has 278 valence electrons. The van der Waals surface area contributed by atoms with Gasteiger partial charge >= 0.3 is 0 Å². The van der Waals surface area contributed by atoms with Gasteiger partial charge in [0, 0.05) is 85.1 Å². The average Bonchev–Trinajstić information content (AvgIpc) is 3.79. The number of likely N-dealkylation sites (tertiary alicyclic amines) is 2. The lowest BCUT2D eigenvalue weighted by molar-refractivity contribution is -0.0590. The molecule has 1 N–H and O–H groups in total. The number of hydrogen-bond donors (Lipinski definition) is 1. The number of aromatic nitrogens is 1. The van der Waals surface area contributed by atoms with Crippen LogP contribution in [0, 0.1) is 24.1 Å². The van der Waals surface area contributed by atoms with Crippen LogP contribution in [0.4, 0.5) is 8.78 Å². The second kappa shape index (κ2) is 18.9. The minimum atomic E-state index is -1.43. The number of aryl methyl sites for hydroxylation is 1. The standard InChI is InChI=1S/C22H34FN3.C14H16FN.C6H7N.C2H6/c1-8-16(3)24-18(5)21(23)10-11-25(15-21)13-17(4)26-14-20(6,7)22(26)12-19(22)9-2;1-5-13(10(2)3)14(16-4)11-6-8-12(15)9-7-11;1-6-4-2-3-5-7-6;1-2/h8,19,24H,1,3-5,9-15H2,2,6-7H3;5-9H,1H2,2-4H3;2-5H,1H3;1-2H3. The molecule has 0 radical (unpaired) electrons. The number of hydrogen-bond acceptors (Lipinski definition) is 5. The molecular formula is C44H63F2N5. The van der Waals surface area contributed by atoms with Crippen molar-refractivity contribution in [1.82, 2.24) is 20.1 Å². The van der Waals surface area contributed by atoms with Gasteiger partial charge in [-0.15, -0.1) is 0 Å². The quantitative estimate of drug-likeness (QED) is 0.187. The molecule has 3 heterocycles. The number of halogens is 2. The van der Waals surface area contributed by atoms with Crippen LogP contribution in [0.15, 0.2) is 127 Å². The van der Waals surface area contributed by atoms with Crippen molar-refractivity contribution in [3.05, 3.63) is 139 Å². The molecule has 3 fully saturated rings. The van der Waals surface area contributed by atoms with E-state index in [0.29, 0.717) is 35.3 Å². The van der Waals surface area contributed by atoms with Gasteiger partial charge in [-0.05, 0) is 81.2 Å². The number of nitrogens with one attached hydrogen (secondary N) is 1. The van der Waals surface area contributed by atoms with Gasteiger partial charge in [-0.1, -0.05) is 91.6 Å². The van der Waals surface area contributed by atoms with Gasteiger partial charge in [0.15, 0.2) is 5.67 Å². The highest BCUT2D eigenvalue weighted by Crippen LogP contribution is 2.68. The first-order valence-electron chi connectivity index (χ1n) is 18.1. The van der Waals surface area contributed by atoms with Crippen molar-refractivity contribution in [2.45, 2.75) is 85.9 Å². The fourth-order valence-corrected chi connectivity index (χ4v) is 7.23. The van der Waals surface area contributed by atoms with Crippen LogP contribution in [0.3, 0.4) is 0 Å². The van der Waals surface area contributed by atoms with Crippen LogP contribution in [0.1, 0.15) is 79.0 Å². The Kier molecular flexibility index (Phi) is 16.0. The van der Waals surface area contributed by atoms with E-state index in [4.69, 9.17) is 0 Å². The van der Waals surface area contributed by atoms with Crippen LogP contribution in [0.2, 0.25) is 0 Å². The van der Waals surface area contributed by atoms with E-state index >= 15 is 4.39 Å². The van der Waals surface area contributed by atoms with E-state index in [1.807, 2.05) is 52.8 Å². The predicted octanol–water partition coefficient (Wildman–Crippen LogP) is 10.4. The molecule has 3 unspecified atom stereocenters. The molecule has 2 aliphatic heterocycles. The first-order valence-corrected chi connectivity index (χ1v) is 18.1. The molecule has 1 saturated carbocycles. The van der Waals surface area contributed by atoms with E-state index < -0.39 is 5.67 Å². The van der Waals surface area contributed by atoms with Crippen LogP contribution < -0.4 is 5.32 Å². The highest BCUT2D eigenvalue weighted by Gasteiger charge is 2.72. The summed E-state index contributed by atoms with van der Waals surface area (Å²) >= 11 is 0. The van der Waals surface area contributed by atoms with E-state index in [0.717, 1.165) is 59.4 Å². The zero-order chi connectivity index (χ0) is 38.6. The summed E-state index contributed by atoms with van der Waals surface area (Å²) in [4.78, 5) is 12.9. The van der Waals surface area contributed by atoms with Gasteiger partial charge < -0.3 is 10.2 Å². The highest BCUT2D eigenvalue weighted by molar-refractivity contribution is 6.14. The van der Waals surface area contributed by atoms with Gasteiger partial charge in [-0.2, -0.15) is 0 Å². The number of nitrogens with zero attached hydrogens (tertiary/aromatic N) is 4. The van der Waals surface area contributed by atoms with Gasteiger partial charge in [0.1, 0.15) is 5.82 Å². The zero-order valence-electron chi connectivity index (χ0n) is 32.9. The number of alkyl halides is 1. The normalized spacial score (nSPS) is 22.7. The van der Waals surface area contributed by atoms with E-state index in [-0.39, 0.29) is 5.82 Å². The van der Waals surface area contributed by atoms with Gasteiger partial charge in [0.2, 0.25) is 0 Å². The third-order valence-electron chi connectivity index (χ3n) is 10.1. The van der Waals surface area contributed by atoms with Crippen molar-refractivity contribution in [3.8, 4) is 0 Å². The third kappa shape index (κ3) is 10.5. The molecule has 3 aliphatic rings. The molecule has 1 aliphatic carbocycles. The molecule has 1 aromatic heterocycles. The van der Waals surface area contributed by atoms with Gasteiger partial charge in [-0.25, -0.2) is 8.78 Å². The van der Waals surface area contributed by atoms with Gasteiger partial charge in [0.05, 0.1) is 5.71 Å². The molecule has 0 amide bonds. The lowest BCUT2D eigenvalue weighted by Gasteiger charge is -2.59. The Balaban J connectivity index is 0.000000304. The van der Waals surface area contributed by atoms with E-state index in [9.17, 15) is 4.39 Å². The Labute approximate surface area is 308 Å². The van der Waals surface area contributed by atoms with Crippen molar-refractivity contribution < 1.29 is 8.78 Å². The Morgan fingerprint density at radius 2 is 1.69 bits per heavy atom. The fraction of sp³-hybridized carbons (Fsp3) is 0.455. The summed E-state index contributed by atoms with van der Waals surface area (Å²) in [5, 5.41) is 2.94. The number of benzene rings is 1. The fourth-order valence-electron chi connectivity index (χ4n) is 7.23. The number of rotatable bonds is 11. The minimum Gasteiger partial charge on any atom is -0.367 e. The third-order valence-corrected chi connectivity index (χ3v) is 10.1. The second-order valence-electron chi connectivity index (χ2n) is 14.2. The molecule has 0 bridgehead atoms. The van der Waals surface area contributed by atoms with Crippen molar-refractivity contribution in [3.63, 3.8) is 0 Å². The van der Waals surface area contributed by atoms with Crippen LogP contribution in [0.5, 0.6) is 0 Å². The Bertz CT molecular complexity index is 1570. The molecule has 2 aromatic rings. The maximum Gasteiger partial charge on any atom is 0.163 e. The topological polar surface area (TPSA) is 43.8 Å². The molecule has 2 saturated heterocycles. The monoisotopic (exact) mass is 700 g/mol. The molecule has 5 nitrogen and oxygen atoms in total. The van der Waals surface area contributed by atoms with Gasteiger partial charge in [0.25, 0.3) is 0 Å². The van der Waals surface area contributed by atoms with Gasteiger partial charge in [-0.3, -0.25) is 14.9 Å². The minimum absolute atomic E-state index is 0.239. The summed E-state index contributed by atoms with van der Waals surface area (Å²) in [5.74, 6) is 0.535. The number of allylic oxidation sites excluding steroid dienone is 4. The maximum atomic E-state index is 15.3. The molecule has 5 rings (SSSR count). The van der Waals surface area contributed by atoms with Crippen molar-refractivity contribution >= 4 is 5.71 Å². The largest absolute Gasteiger partial charge is 0.367 e. The number of aliphatic imine (C=N–C) groups is 1. The first-order chi connectivity index (χ1) is 24.1. The smallest absolute Gasteiger partial charge is 0.163 e. The lowest BCUT2D eigenvalue weighted by atomic mass is 9.70. The molecule has 7 heteroatoms. The summed E-state index contributed by atoms with van der Waals surface area (Å²) in [6.07, 6.45) is 8.09. The number of pyridine rings is 1. The lowest BCUT2D eigenvalue weighted by Crippen LogP contribution is -2.65. The SMILES string of the molecule is C=CC(=C)NC(=C)C1(F)CCN(CC(=C)N2CC(C)(C)C23CC3CC)C1.C=CC(C(=NC)c1ccc(F)cc1)=C(C)C.CC.Cc1ccccn1. The van der Waals surface area contributed by atoms with Crippen molar-refractivity contribution in [1.29, 1.82) is 0 Å². The Morgan fingerprint density at radius 1 is 1.04 bits per heavy atom. The van der Waals surface area contributed by atoms with E-state index in [1.54, 1.807) is 37.5 Å². The molecule has 1 spiro atoms. The molecular weight excluding hydrogens is 637 g/mol. The van der Waals surface area contributed by atoms with Crippen LogP contribution in [-0.2, 0) is 0 Å². The summed E-state index contributed by atoms with van der Waals surface area (Å²) in [5.41, 5.74) is 6.28. The maximum absolute atomic E-state index is 15.3. The zero-order valence-corrected chi connectivity index (χ0v) is 32.9. The molecule has 1 aromatic carbocycles. The van der Waals surface area contributed by atoms with E-state index in [2.05, 4.69) is 78.8 Å². The molecule has 3 atom stereocenters. The van der Waals surface area contributed by atoms with Crippen LogP contribution in [-0.4, -0.2) is 64.9 Å². The van der Waals surface area contributed by atoms with E-state index in [1.165, 1.54) is 25.0 Å². The average molecular weight is 700 g/mol. The highest BCUT2D eigenvalue weighted by atomic mass is 19.1. The van der Waals surface area contributed by atoms with Crippen molar-refractivity contribution in [2.24, 2.45) is 16.3 Å². The summed E-state index contributed by atoms with van der Waals surface area (Å²) in [6.45, 7) is 39.3. The Hall–Kier alpha value is -4.10. The predicted molar refractivity (Wildman–Crippen MR) is 215 cm³/mol. The summed E-state index contributed by atoms with van der Waals surface area (Å²) < 4.78 is 28.1. The van der Waals surface area contributed by atoms with Crippen LogP contribution >= 0.6 is 0 Å². The van der Waals surface area contributed by atoms with Crippen molar-refractivity contribution in [2.75, 3.05) is 33.2 Å². The molecule has 51 heavy (non-hydrogen) atoms. The summed E-state index contributed by atoms with van der Waals surface area (Å²) in [7, 11) is 1.73. The Morgan fingerprint density at radius 3 is 2.12 bits per heavy atom. The van der Waals surface area contributed by atoms with Crippen LogP contribution in [0.25, 0.3) is 0 Å².